The number of halogens is 1. The predicted octanol–water partition coefficient (Wildman–Crippen LogP) is 2.53. The van der Waals surface area contributed by atoms with Crippen molar-refractivity contribution in [1.82, 2.24) is 14.8 Å². The summed E-state index contributed by atoms with van der Waals surface area (Å²) in [5, 5.41) is 15.3. The fourth-order valence-corrected chi connectivity index (χ4v) is 2.04. The van der Waals surface area contributed by atoms with E-state index >= 15 is 0 Å². The number of rotatable bonds is 3. The van der Waals surface area contributed by atoms with Crippen LogP contribution in [-0.4, -0.2) is 20.7 Å². The van der Waals surface area contributed by atoms with Gasteiger partial charge in [-0.05, 0) is 36.4 Å². The Kier molecular flexibility index (Phi) is 3.80. The number of aromatic nitrogens is 3. The topological polar surface area (TPSA) is 83.6 Å². The highest BCUT2D eigenvalue weighted by molar-refractivity contribution is 6.04. The molecular formula is C16H10FN5O. The molecule has 0 radical (unpaired) electrons. The van der Waals surface area contributed by atoms with Crippen LogP contribution in [0.3, 0.4) is 0 Å². The van der Waals surface area contributed by atoms with Gasteiger partial charge < -0.3 is 5.32 Å². The van der Waals surface area contributed by atoms with Gasteiger partial charge in [-0.2, -0.15) is 10.4 Å². The van der Waals surface area contributed by atoms with E-state index in [9.17, 15) is 9.18 Å². The van der Waals surface area contributed by atoms with Crippen LogP contribution in [0.1, 0.15) is 15.9 Å². The van der Waals surface area contributed by atoms with Crippen LogP contribution in [0.15, 0.2) is 55.1 Å². The number of amides is 1. The third kappa shape index (κ3) is 3.06. The van der Waals surface area contributed by atoms with E-state index in [0.717, 1.165) is 0 Å². The Morgan fingerprint density at radius 3 is 2.83 bits per heavy atom. The first-order chi connectivity index (χ1) is 11.2. The van der Waals surface area contributed by atoms with Gasteiger partial charge in [-0.3, -0.25) is 4.79 Å². The number of hydrogen-bond acceptors (Lipinski definition) is 4. The summed E-state index contributed by atoms with van der Waals surface area (Å²) in [4.78, 5) is 15.9. The SMILES string of the molecule is N#Cc1cccc(C(=O)Nc2ccc(-n3cncn3)c(F)c2)c1. The molecular weight excluding hydrogens is 297 g/mol. The third-order valence-corrected chi connectivity index (χ3v) is 3.12. The first kappa shape index (κ1) is 14.4. The fraction of sp³-hybridized carbons (Fsp3) is 0. The number of nitrogens with one attached hydrogen (secondary N) is 1. The molecule has 0 fully saturated rings. The highest BCUT2D eigenvalue weighted by atomic mass is 19.1. The minimum absolute atomic E-state index is 0.229. The summed E-state index contributed by atoms with van der Waals surface area (Å²) in [6.45, 7) is 0. The Hall–Kier alpha value is -3.53. The van der Waals surface area contributed by atoms with E-state index in [0.29, 0.717) is 16.8 Å². The van der Waals surface area contributed by atoms with Gasteiger partial charge in [0.15, 0.2) is 5.82 Å². The summed E-state index contributed by atoms with van der Waals surface area (Å²) in [6.07, 6.45) is 2.68. The molecule has 1 heterocycles. The van der Waals surface area contributed by atoms with Gasteiger partial charge >= 0.3 is 0 Å². The van der Waals surface area contributed by atoms with Gasteiger partial charge in [0.2, 0.25) is 0 Å². The second-order valence-electron chi connectivity index (χ2n) is 4.65. The Morgan fingerprint density at radius 2 is 2.13 bits per heavy atom. The summed E-state index contributed by atoms with van der Waals surface area (Å²) in [6, 6.07) is 12.5. The number of anilines is 1. The van der Waals surface area contributed by atoms with Crippen molar-refractivity contribution in [3.8, 4) is 11.8 Å². The molecule has 1 amide bonds. The highest BCUT2D eigenvalue weighted by Gasteiger charge is 2.10. The number of carbonyl (C=O) groups excluding carboxylic acids is 1. The maximum Gasteiger partial charge on any atom is 0.255 e. The van der Waals surface area contributed by atoms with Gasteiger partial charge in [-0.1, -0.05) is 6.07 Å². The van der Waals surface area contributed by atoms with Gasteiger partial charge in [0, 0.05) is 11.3 Å². The van der Waals surface area contributed by atoms with Crippen molar-refractivity contribution in [2.75, 3.05) is 5.32 Å². The maximum atomic E-state index is 14.1. The number of carbonyl (C=O) groups is 1. The van der Waals surface area contributed by atoms with Crippen molar-refractivity contribution in [3.05, 3.63) is 72.1 Å². The van der Waals surface area contributed by atoms with Gasteiger partial charge in [0.05, 0.1) is 11.6 Å². The molecule has 0 unspecified atom stereocenters. The summed E-state index contributed by atoms with van der Waals surface area (Å²) in [5.74, 6) is -0.964. The van der Waals surface area contributed by atoms with Gasteiger partial charge in [0.25, 0.3) is 5.91 Å². The lowest BCUT2D eigenvalue weighted by Gasteiger charge is -2.08. The lowest BCUT2D eigenvalue weighted by Crippen LogP contribution is -2.12. The summed E-state index contributed by atoms with van der Waals surface area (Å²) in [7, 11) is 0. The van der Waals surface area contributed by atoms with E-state index in [1.165, 1.54) is 35.5 Å². The van der Waals surface area contributed by atoms with Crippen molar-refractivity contribution in [2.45, 2.75) is 0 Å². The molecule has 1 aromatic heterocycles. The van der Waals surface area contributed by atoms with Crippen LogP contribution in [0.5, 0.6) is 0 Å². The van der Waals surface area contributed by atoms with Crippen molar-refractivity contribution >= 4 is 11.6 Å². The fourth-order valence-electron chi connectivity index (χ4n) is 2.04. The standard InChI is InChI=1S/C16H10FN5O/c17-14-7-13(4-5-15(14)22-10-19-9-20-22)21-16(23)12-3-1-2-11(6-12)8-18/h1-7,9-10H,(H,21,23). The lowest BCUT2D eigenvalue weighted by atomic mass is 10.1. The first-order valence-corrected chi connectivity index (χ1v) is 6.63. The second kappa shape index (κ2) is 6.07. The Labute approximate surface area is 130 Å². The van der Waals surface area contributed by atoms with Crippen LogP contribution in [-0.2, 0) is 0 Å². The quantitative estimate of drug-likeness (QED) is 0.806. The molecule has 0 aliphatic rings. The smallest absolute Gasteiger partial charge is 0.255 e. The number of hydrogen-bond donors (Lipinski definition) is 1. The van der Waals surface area contributed by atoms with Crippen LogP contribution in [0.4, 0.5) is 10.1 Å². The first-order valence-electron chi connectivity index (χ1n) is 6.63. The molecule has 2 aromatic carbocycles. The van der Waals surface area contributed by atoms with Crippen LogP contribution in [0, 0.1) is 17.1 Å². The lowest BCUT2D eigenvalue weighted by molar-refractivity contribution is 0.102. The molecule has 23 heavy (non-hydrogen) atoms. The van der Waals surface area contributed by atoms with Gasteiger partial charge in [-0.15, -0.1) is 0 Å². The van der Waals surface area contributed by atoms with E-state index in [1.807, 2.05) is 6.07 Å². The molecule has 6 nitrogen and oxygen atoms in total. The zero-order valence-corrected chi connectivity index (χ0v) is 11.8. The molecule has 0 atom stereocenters. The second-order valence-corrected chi connectivity index (χ2v) is 4.65. The zero-order chi connectivity index (χ0) is 16.2. The molecule has 0 aliphatic carbocycles. The molecule has 0 bridgehead atoms. The van der Waals surface area contributed by atoms with E-state index in [1.54, 1.807) is 24.3 Å². The van der Waals surface area contributed by atoms with Crippen molar-refractivity contribution in [3.63, 3.8) is 0 Å². The normalized spacial score (nSPS) is 10.1. The van der Waals surface area contributed by atoms with Crippen molar-refractivity contribution < 1.29 is 9.18 Å². The summed E-state index contributed by atoms with van der Waals surface area (Å²) < 4.78 is 15.4. The Balaban J connectivity index is 1.82. The monoisotopic (exact) mass is 307 g/mol. The van der Waals surface area contributed by atoms with E-state index in [4.69, 9.17) is 5.26 Å². The number of benzene rings is 2. The minimum atomic E-state index is -0.543. The van der Waals surface area contributed by atoms with Crippen molar-refractivity contribution in [1.29, 1.82) is 5.26 Å². The number of nitrogens with zero attached hydrogens (tertiary/aromatic N) is 4. The van der Waals surface area contributed by atoms with E-state index < -0.39 is 11.7 Å². The van der Waals surface area contributed by atoms with Crippen LogP contribution < -0.4 is 5.32 Å². The molecule has 3 aromatic rings. The average Bonchev–Trinajstić information content (AvgIpc) is 3.09. The number of nitriles is 1. The van der Waals surface area contributed by atoms with Crippen LogP contribution >= 0.6 is 0 Å². The minimum Gasteiger partial charge on any atom is -0.322 e. The molecule has 3 rings (SSSR count). The van der Waals surface area contributed by atoms with Crippen LogP contribution in [0.2, 0.25) is 0 Å². The molecule has 1 N–H and O–H groups in total. The van der Waals surface area contributed by atoms with Crippen molar-refractivity contribution in [2.24, 2.45) is 0 Å². The average molecular weight is 307 g/mol. The highest BCUT2D eigenvalue weighted by Crippen LogP contribution is 2.18. The van der Waals surface area contributed by atoms with Crippen LogP contribution in [0.25, 0.3) is 5.69 Å². The molecule has 112 valence electrons. The molecule has 0 spiro atoms. The molecule has 0 aliphatic heterocycles. The Morgan fingerprint density at radius 1 is 1.26 bits per heavy atom. The summed E-state index contributed by atoms with van der Waals surface area (Å²) in [5.41, 5.74) is 1.24. The molecule has 0 saturated heterocycles. The van der Waals surface area contributed by atoms with E-state index in [-0.39, 0.29) is 5.69 Å². The largest absolute Gasteiger partial charge is 0.322 e. The maximum absolute atomic E-state index is 14.1. The third-order valence-electron chi connectivity index (χ3n) is 3.12. The van der Waals surface area contributed by atoms with E-state index in [2.05, 4.69) is 15.4 Å². The van der Waals surface area contributed by atoms with Gasteiger partial charge in [0.1, 0.15) is 18.3 Å². The predicted molar refractivity (Wildman–Crippen MR) is 80.4 cm³/mol. The van der Waals surface area contributed by atoms with Gasteiger partial charge in [-0.25, -0.2) is 14.1 Å². The Bertz CT molecular complexity index is 899. The summed E-state index contributed by atoms with van der Waals surface area (Å²) >= 11 is 0. The molecule has 7 heteroatoms. The zero-order valence-electron chi connectivity index (χ0n) is 11.8. The molecule has 0 saturated carbocycles.